The highest BCUT2D eigenvalue weighted by Crippen LogP contribution is 2.22. The quantitative estimate of drug-likeness (QED) is 0.778. The van der Waals surface area contributed by atoms with Crippen molar-refractivity contribution in [1.82, 2.24) is 0 Å². The van der Waals surface area contributed by atoms with Gasteiger partial charge >= 0.3 is 0 Å². The smallest absolute Gasteiger partial charge is 0.177 e. The van der Waals surface area contributed by atoms with Crippen LogP contribution in [0.1, 0.15) is 15.2 Å². The number of carbonyl (C=O) groups excluding carboxylic acids is 1. The van der Waals surface area contributed by atoms with Gasteiger partial charge in [-0.15, -0.1) is 11.3 Å². The lowest BCUT2D eigenvalue weighted by molar-refractivity contribution is 0.0996. The molecule has 0 N–H and O–H groups in total. The molecule has 1 aromatic heterocycles. The van der Waals surface area contributed by atoms with Crippen LogP contribution in [0.5, 0.6) is 5.75 Å². The molecule has 2 aromatic rings. The molecule has 1 aromatic carbocycles. The highest BCUT2D eigenvalue weighted by Gasteiger charge is 2.10. The maximum absolute atomic E-state index is 13.0. The van der Waals surface area contributed by atoms with Crippen LogP contribution < -0.4 is 4.74 Å². The van der Waals surface area contributed by atoms with Crippen molar-refractivity contribution >= 4 is 17.1 Å². The molecule has 2 nitrogen and oxygen atoms in total. The maximum Gasteiger partial charge on any atom is 0.177 e. The number of benzene rings is 1. The van der Waals surface area contributed by atoms with Gasteiger partial charge in [0.15, 0.2) is 5.78 Å². The molecule has 0 unspecified atom stereocenters. The van der Waals surface area contributed by atoms with Crippen molar-refractivity contribution in [2.75, 3.05) is 7.11 Å². The van der Waals surface area contributed by atoms with E-state index < -0.39 is 0 Å². The number of methoxy groups -OCH3 is 1. The van der Waals surface area contributed by atoms with Crippen LogP contribution in [-0.2, 0) is 6.42 Å². The molecule has 0 radical (unpaired) electrons. The van der Waals surface area contributed by atoms with Gasteiger partial charge in [0.05, 0.1) is 12.0 Å². The molecule has 0 aliphatic carbocycles. The van der Waals surface area contributed by atoms with Crippen LogP contribution >= 0.6 is 11.3 Å². The number of Topliss-reactive ketones (excluding diaryl/α,β-unsaturated/α-hetero) is 1. The van der Waals surface area contributed by atoms with Crippen LogP contribution in [0.3, 0.4) is 0 Å². The fourth-order valence-corrected chi connectivity index (χ4v) is 2.29. The van der Waals surface area contributed by atoms with Gasteiger partial charge in [-0.3, -0.25) is 4.79 Å². The summed E-state index contributed by atoms with van der Waals surface area (Å²) in [5, 5.41) is 1.78. The summed E-state index contributed by atoms with van der Waals surface area (Å²) >= 11 is 1.34. The van der Waals surface area contributed by atoms with Gasteiger partial charge in [0.1, 0.15) is 11.6 Å². The van der Waals surface area contributed by atoms with Crippen molar-refractivity contribution in [2.24, 2.45) is 0 Å². The van der Waals surface area contributed by atoms with Gasteiger partial charge in [-0.05, 0) is 17.7 Å². The standard InChI is InChI=1S/C13H11FO2S/c1-16-11-7-13(17-8-11)12(15)6-9-3-2-4-10(14)5-9/h2-5,7-8H,6H2,1H3. The number of hydrogen-bond donors (Lipinski definition) is 0. The predicted molar refractivity (Wildman–Crippen MR) is 65.3 cm³/mol. The molecule has 1 heterocycles. The zero-order chi connectivity index (χ0) is 12.3. The van der Waals surface area contributed by atoms with Crippen LogP contribution in [0.2, 0.25) is 0 Å². The number of thiophene rings is 1. The first-order valence-electron chi connectivity index (χ1n) is 5.09. The van der Waals surface area contributed by atoms with Gasteiger partial charge in [-0.2, -0.15) is 0 Å². The Kier molecular flexibility index (Phi) is 3.54. The molecule has 0 bridgehead atoms. The molecule has 4 heteroatoms. The molecule has 0 fully saturated rings. The predicted octanol–water partition coefficient (Wildman–Crippen LogP) is 3.32. The summed E-state index contributed by atoms with van der Waals surface area (Å²) in [6, 6.07) is 7.79. The van der Waals surface area contributed by atoms with E-state index in [9.17, 15) is 9.18 Å². The van der Waals surface area contributed by atoms with Crippen molar-refractivity contribution in [2.45, 2.75) is 6.42 Å². The highest BCUT2D eigenvalue weighted by atomic mass is 32.1. The number of carbonyl (C=O) groups is 1. The molecule has 0 atom stereocenters. The Morgan fingerprint density at radius 3 is 2.88 bits per heavy atom. The lowest BCUT2D eigenvalue weighted by atomic mass is 10.1. The van der Waals surface area contributed by atoms with Crippen LogP contribution in [0.25, 0.3) is 0 Å². The van der Waals surface area contributed by atoms with Crippen molar-refractivity contribution in [1.29, 1.82) is 0 Å². The average Bonchev–Trinajstić information content (AvgIpc) is 2.77. The zero-order valence-electron chi connectivity index (χ0n) is 9.27. The summed E-state index contributed by atoms with van der Waals surface area (Å²) < 4.78 is 18.0. The second-order valence-electron chi connectivity index (χ2n) is 3.58. The minimum Gasteiger partial charge on any atom is -0.496 e. The van der Waals surface area contributed by atoms with Crippen molar-refractivity contribution < 1.29 is 13.9 Å². The molecular formula is C13H11FO2S. The third-order valence-electron chi connectivity index (χ3n) is 2.34. The molecule has 17 heavy (non-hydrogen) atoms. The van der Waals surface area contributed by atoms with E-state index in [1.807, 2.05) is 0 Å². The van der Waals surface area contributed by atoms with Gasteiger partial charge in [0.25, 0.3) is 0 Å². The maximum atomic E-state index is 13.0. The molecule has 0 spiro atoms. The number of ether oxygens (including phenoxy) is 1. The van der Waals surface area contributed by atoms with E-state index in [0.717, 1.165) is 0 Å². The largest absolute Gasteiger partial charge is 0.496 e. The third kappa shape index (κ3) is 2.91. The summed E-state index contributed by atoms with van der Waals surface area (Å²) in [4.78, 5) is 12.5. The number of hydrogen-bond acceptors (Lipinski definition) is 3. The molecule has 88 valence electrons. The summed E-state index contributed by atoms with van der Waals surface area (Å²) in [6.07, 6.45) is 0.210. The normalized spacial score (nSPS) is 10.2. The van der Waals surface area contributed by atoms with E-state index in [1.54, 1.807) is 30.7 Å². The van der Waals surface area contributed by atoms with Crippen LogP contribution in [-0.4, -0.2) is 12.9 Å². The first-order chi connectivity index (χ1) is 8.19. The summed E-state index contributed by atoms with van der Waals surface area (Å²) in [5.74, 6) is 0.334. The van der Waals surface area contributed by atoms with E-state index in [2.05, 4.69) is 0 Å². The van der Waals surface area contributed by atoms with E-state index >= 15 is 0 Å². The zero-order valence-corrected chi connectivity index (χ0v) is 10.1. The molecular weight excluding hydrogens is 239 g/mol. The Balaban J connectivity index is 2.11. The molecule has 0 aliphatic heterocycles. The third-order valence-corrected chi connectivity index (χ3v) is 3.29. The Morgan fingerprint density at radius 2 is 2.24 bits per heavy atom. The molecule has 0 saturated heterocycles. The molecule has 0 aliphatic rings. The summed E-state index contributed by atoms with van der Waals surface area (Å²) in [6.45, 7) is 0. The van der Waals surface area contributed by atoms with Crippen LogP contribution in [0.15, 0.2) is 35.7 Å². The van der Waals surface area contributed by atoms with Crippen molar-refractivity contribution in [3.05, 3.63) is 52.0 Å². The number of ketones is 1. The summed E-state index contributed by atoms with van der Waals surface area (Å²) in [7, 11) is 1.56. The lowest BCUT2D eigenvalue weighted by Crippen LogP contribution is -2.01. The Hall–Kier alpha value is -1.68. The second-order valence-corrected chi connectivity index (χ2v) is 4.49. The monoisotopic (exact) mass is 250 g/mol. The number of rotatable bonds is 4. The van der Waals surface area contributed by atoms with E-state index in [4.69, 9.17) is 4.74 Å². The van der Waals surface area contributed by atoms with Crippen LogP contribution in [0, 0.1) is 5.82 Å². The van der Waals surface area contributed by atoms with Gasteiger partial charge in [-0.25, -0.2) is 4.39 Å². The Labute approximate surface area is 103 Å². The van der Waals surface area contributed by atoms with Gasteiger partial charge < -0.3 is 4.74 Å². The molecule has 0 saturated carbocycles. The first-order valence-corrected chi connectivity index (χ1v) is 5.97. The fraction of sp³-hybridized carbons (Fsp3) is 0.154. The number of halogens is 1. The van der Waals surface area contributed by atoms with Crippen LogP contribution in [0.4, 0.5) is 4.39 Å². The fourth-order valence-electron chi connectivity index (χ4n) is 1.49. The minimum atomic E-state index is -0.320. The van der Waals surface area contributed by atoms with Crippen molar-refractivity contribution in [3.63, 3.8) is 0 Å². The van der Waals surface area contributed by atoms with E-state index in [0.29, 0.717) is 16.2 Å². The molecule has 0 amide bonds. The van der Waals surface area contributed by atoms with Gasteiger partial charge in [0, 0.05) is 17.9 Å². The van der Waals surface area contributed by atoms with Crippen molar-refractivity contribution in [3.8, 4) is 5.75 Å². The average molecular weight is 250 g/mol. The Bertz CT molecular complexity index is 534. The lowest BCUT2D eigenvalue weighted by Gasteiger charge is -1.99. The molecule has 2 rings (SSSR count). The van der Waals surface area contributed by atoms with E-state index in [1.165, 1.54) is 23.5 Å². The SMILES string of the molecule is COc1csc(C(=O)Cc2cccc(F)c2)c1. The first kappa shape index (κ1) is 11.8. The van der Waals surface area contributed by atoms with Gasteiger partial charge in [0.2, 0.25) is 0 Å². The second kappa shape index (κ2) is 5.10. The summed E-state index contributed by atoms with van der Waals surface area (Å²) in [5.41, 5.74) is 0.683. The minimum absolute atomic E-state index is 0.0242. The Morgan fingerprint density at radius 1 is 1.41 bits per heavy atom. The van der Waals surface area contributed by atoms with E-state index in [-0.39, 0.29) is 18.0 Å². The van der Waals surface area contributed by atoms with Gasteiger partial charge in [-0.1, -0.05) is 12.1 Å². The highest BCUT2D eigenvalue weighted by molar-refractivity contribution is 7.12. The topological polar surface area (TPSA) is 26.3 Å².